The highest BCUT2D eigenvalue weighted by molar-refractivity contribution is 9.10. The molecule has 0 saturated heterocycles. The predicted octanol–water partition coefficient (Wildman–Crippen LogP) is 5.40. The Bertz CT molecular complexity index is 1450. The topological polar surface area (TPSA) is 107 Å². The summed E-state index contributed by atoms with van der Waals surface area (Å²) in [4.78, 5) is 26.1. The molecule has 0 bridgehead atoms. The molecule has 0 aliphatic carbocycles. The molecule has 10 heteroatoms. The summed E-state index contributed by atoms with van der Waals surface area (Å²) in [5.74, 6) is -1.65. The molecule has 0 spiro atoms. The lowest BCUT2D eigenvalue weighted by atomic mass is 10.0. The van der Waals surface area contributed by atoms with Gasteiger partial charge >= 0.3 is 11.8 Å². The van der Waals surface area contributed by atoms with Crippen molar-refractivity contribution in [1.29, 1.82) is 0 Å². The van der Waals surface area contributed by atoms with Gasteiger partial charge in [-0.25, -0.2) is 11.1 Å². The van der Waals surface area contributed by atoms with E-state index in [1.54, 1.807) is 24.3 Å². The fourth-order valence-corrected chi connectivity index (χ4v) is 4.64. The molecule has 0 radical (unpaired) electrons. The molecular formula is C28H20Br2N6O2. The first-order valence-electron chi connectivity index (χ1n) is 11.5. The SMILES string of the molecule is O=C1Nc2ccc(Br)cc2C(c2ccccc2)=NNNN=C(c2ccccc2)c2cc(Br)ccc2NC1=O. The summed E-state index contributed by atoms with van der Waals surface area (Å²) in [5.41, 5.74) is 10.3. The van der Waals surface area contributed by atoms with Crippen molar-refractivity contribution in [2.24, 2.45) is 10.2 Å². The first-order chi connectivity index (χ1) is 18.5. The van der Waals surface area contributed by atoms with Crippen LogP contribution in [0.4, 0.5) is 11.4 Å². The fraction of sp³-hybridized carbons (Fsp3) is 0. The number of fused-ring (bicyclic) bond motifs is 2. The number of amides is 2. The second-order valence-electron chi connectivity index (χ2n) is 8.16. The van der Waals surface area contributed by atoms with Crippen molar-refractivity contribution in [3.05, 3.63) is 128 Å². The van der Waals surface area contributed by atoms with Gasteiger partial charge in [-0.1, -0.05) is 92.5 Å². The lowest BCUT2D eigenvalue weighted by Gasteiger charge is -2.17. The number of hydrazone groups is 2. The Hall–Kier alpha value is -4.28. The van der Waals surface area contributed by atoms with Crippen LogP contribution in [0.25, 0.3) is 0 Å². The van der Waals surface area contributed by atoms with Crippen molar-refractivity contribution in [3.8, 4) is 0 Å². The number of anilines is 2. The fourth-order valence-electron chi connectivity index (χ4n) is 3.92. The zero-order valence-corrected chi connectivity index (χ0v) is 22.9. The van der Waals surface area contributed by atoms with Crippen molar-refractivity contribution in [2.45, 2.75) is 0 Å². The minimum absolute atomic E-state index is 0.416. The smallest absolute Gasteiger partial charge is 0.314 e. The summed E-state index contributed by atoms with van der Waals surface area (Å²) in [6.45, 7) is 0. The molecule has 38 heavy (non-hydrogen) atoms. The van der Waals surface area contributed by atoms with Gasteiger partial charge in [-0.15, -0.1) is 0 Å². The number of hydrogen-bond donors (Lipinski definition) is 4. The Balaban J connectivity index is 1.68. The highest BCUT2D eigenvalue weighted by Crippen LogP contribution is 2.27. The maximum Gasteiger partial charge on any atom is 0.314 e. The third kappa shape index (κ3) is 5.66. The number of rotatable bonds is 2. The monoisotopic (exact) mass is 630 g/mol. The number of carbonyl (C=O) groups excluding carboxylic acids is 2. The first kappa shape index (κ1) is 25.4. The van der Waals surface area contributed by atoms with E-state index in [-0.39, 0.29) is 0 Å². The van der Waals surface area contributed by atoms with E-state index in [9.17, 15) is 9.59 Å². The van der Waals surface area contributed by atoms with Crippen LogP contribution in [0, 0.1) is 0 Å². The van der Waals surface area contributed by atoms with Crippen LogP contribution in [0.2, 0.25) is 0 Å². The van der Waals surface area contributed by atoms with Crippen molar-refractivity contribution >= 4 is 66.5 Å². The Morgan fingerprint density at radius 3 is 1.32 bits per heavy atom. The third-order valence-electron chi connectivity index (χ3n) is 5.66. The number of nitrogens with one attached hydrogen (secondary N) is 4. The Kier molecular flexibility index (Phi) is 7.62. The van der Waals surface area contributed by atoms with E-state index < -0.39 is 11.8 Å². The Morgan fingerprint density at radius 1 is 0.526 bits per heavy atom. The normalized spacial score (nSPS) is 13.7. The number of hydrazine groups is 1. The van der Waals surface area contributed by atoms with Crippen LogP contribution < -0.4 is 21.7 Å². The van der Waals surface area contributed by atoms with Crippen LogP contribution in [0.1, 0.15) is 22.3 Å². The van der Waals surface area contributed by atoms with E-state index in [4.69, 9.17) is 0 Å². The molecule has 1 aliphatic heterocycles. The van der Waals surface area contributed by atoms with Crippen molar-refractivity contribution in [3.63, 3.8) is 0 Å². The minimum atomic E-state index is -0.823. The number of halogens is 2. The third-order valence-corrected chi connectivity index (χ3v) is 6.64. The molecule has 0 atom stereocenters. The zero-order chi connectivity index (χ0) is 26.5. The molecule has 0 aromatic heterocycles. The summed E-state index contributed by atoms with van der Waals surface area (Å²) < 4.78 is 1.55. The van der Waals surface area contributed by atoms with Crippen molar-refractivity contribution in [2.75, 3.05) is 10.6 Å². The van der Waals surface area contributed by atoms with Crippen LogP contribution in [0.5, 0.6) is 0 Å². The first-order valence-corrected chi connectivity index (χ1v) is 13.1. The molecule has 0 unspecified atom stereocenters. The van der Waals surface area contributed by atoms with Crippen molar-refractivity contribution in [1.82, 2.24) is 11.1 Å². The molecule has 4 aromatic carbocycles. The molecule has 0 saturated carbocycles. The van der Waals surface area contributed by atoms with E-state index in [1.807, 2.05) is 72.8 Å². The van der Waals surface area contributed by atoms with E-state index in [2.05, 4.69) is 63.8 Å². The zero-order valence-electron chi connectivity index (χ0n) is 19.7. The van der Waals surface area contributed by atoms with Crippen LogP contribution in [-0.2, 0) is 9.59 Å². The molecule has 188 valence electrons. The van der Waals surface area contributed by atoms with E-state index in [0.29, 0.717) is 33.9 Å². The standard InChI is InChI=1S/C28H20Br2N6O2/c29-19-11-13-23-21(15-19)25(17-7-3-1-4-8-17)33-35-36-34-26(18-9-5-2-6-10-18)22-16-20(30)12-14-24(22)32-28(38)27(37)31-23/h1-16,35-36H,(H,31,37)(H,32,38). The predicted molar refractivity (Wildman–Crippen MR) is 156 cm³/mol. The van der Waals surface area contributed by atoms with Crippen LogP contribution in [0.3, 0.4) is 0 Å². The number of carbonyl (C=O) groups is 2. The van der Waals surface area contributed by atoms with Gasteiger partial charge in [0.15, 0.2) is 0 Å². The molecule has 1 aliphatic rings. The number of nitrogens with zero attached hydrogens (tertiary/aromatic N) is 2. The molecule has 8 nitrogen and oxygen atoms in total. The summed E-state index contributed by atoms with van der Waals surface area (Å²) in [6, 6.07) is 29.6. The van der Waals surface area contributed by atoms with Gasteiger partial charge in [0, 0.05) is 31.2 Å². The highest BCUT2D eigenvalue weighted by atomic mass is 79.9. The second-order valence-corrected chi connectivity index (χ2v) is 10.00. The lowest BCUT2D eigenvalue weighted by Crippen LogP contribution is -2.31. The summed E-state index contributed by atoms with van der Waals surface area (Å²) in [5, 5.41) is 14.6. The van der Waals surface area contributed by atoms with Gasteiger partial charge in [0.25, 0.3) is 0 Å². The van der Waals surface area contributed by atoms with Gasteiger partial charge in [-0.2, -0.15) is 10.2 Å². The number of benzene rings is 4. The highest BCUT2D eigenvalue weighted by Gasteiger charge is 2.22. The Morgan fingerprint density at radius 2 is 0.921 bits per heavy atom. The molecule has 5 rings (SSSR count). The second kappa shape index (κ2) is 11.4. The number of hydrogen-bond acceptors (Lipinski definition) is 6. The van der Waals surface area contributed by atoms with E-state index in [0.717, 1.165) is 20.1 Å². The van der Waals surface area contributed by atoms with E-state index in [1.165, 1.54) is 0 Å². The quantitative estimate of drug-likeness (QED) is 0.222. The lowest BCUT2D eigenvalue weighted by molar-refractivity contribution is -0.133. The summed E-state index contributed by atoms with van der Waals surface area (Å²) in [6.07, 6.45) is 0. The van der Waals surface area contributed by atoms with Crippen LogP contribution in [0.15, 0.2) is 116 Å². The Labute approximate surface area is 235 Å². The van der Waals surface area contributed by atoms with Gasteiger partial charge in [0.05, 0.1) is 11.4 Å². The largest absolute Gasteiger partial charge is 0.317 e. The minimum Gasteiger partial charge on any atom is -0.317 e. The van der Waals surface area contributed by atoms with Gasteiger partial charge in [0.1, 0.15) is 11.4 Å². The maximum atomic E-state index is 13.1. The van der Waals surface area contributed by atoms with Gasteiger partial charge in [-0.3, -0.25) is 9.59 Å². The average molecular weight is 632 g/mol. The molecule has 0 fully saturated rings. The molecular weight excluding hydrogens is 612 g/mol. The van der Waals surface area contributed by atoms with Crippen LogP contribution in [-0.4, -0.2) is 23.2 Å². The summed E-state index contributed by atoms with van der Waals surface area (Å²) >= 11 is 6.99. The van der Waals surface area contributed by atoms with Gasteiger partial charge in [-0.05, 0) is 36.4 Å². The molecule has 4 N–H and O–H groups in total. The average Bonchev–Trinajstić information content (AvgIpc) is 2.93. The summed E-state index contributed by atoms with van der Waals surface area (Å²) in [7, 11) is 0. The van der Waals surface area contributed by atoms with Gasteiger partial charge < -0.3 is 10.6 Å². The van der Waals surface area contributed by atoms with Gasteiger partial charge in [0.2, 0.25) is 0 Å². The maximum absolute atomic E-state index is 13.1. The molecule has 2 amide bonds. The van der Waals surface area contributed by atoms with Crippen molar-refractivity contribution < 1.29 is 9.59 Å². The molecule has 1 heterocycles. The van der Waals surface area contributed by atoms with E-state index >= 15 is 0 Å². The van der Waals surface area contributed by atoms with Crippen LogP contribution >= 0.6 is 31.9 Å². The molecule has 4 aromatic rings.